The number of halogens is 2. The molecule has 0 radical (unpaired) electrons. The molecule has 0 spiro atoms. The molecule has 94 valence electrons. The predicted molar refractivity (Wildman–Crippen MR) is 62.4 cm³/mol. The van der Waals surface area contributed by atoms with Gasteiger partial charge in [0.05, 0.1) is 0 Å². The van der Waals surface area contributed by atoms with Crippen LogP contribution in [0.3, 0.4) is 0 Å². The van der Waals surface area contributed by atoms with Crippen molar-refractivity contribution >= 4 is 5.91 Å². The van der Waals surface area contributed by atoms with E-state index in [-0.39, 0.29) is 5.91 Å². The summed E-state index contributed by atoms with van der Waals surface area (Å²) in [4.78, 5) is 13.3. The molecule has 0 N–H and O–H groups in total. The molecule has 2 nitrogen and oxygen atoms in total. The van der Waals surface area contributed by atoms with Gasteiger partial charge in [0.25, 0.3) is 0 Å². The Labute approximate surface area is 100 Å². The highest BCUT2D eigenvalue weighted by molar-refractivity contribution is 5.76. The molecule has 0 aliphatic rings. The first kappa shape index (κ1) is 13.6. The fourth-order valence-corrected chi connectivity index (χ4v) is 1.61. The summed E-state index contributed by atoms with van der Waals surface area (Å²) in [6.07, 6.45) is 1.27. The van der Waals surface area contributed by atoms with Crippen LogP contribution in [-0.4, -0.2) is 17.4 Å². The molecule has 4 heteroatoms. The van der Waals surface area contributed by atoms with Crippen LogP contribution in [0.1, 0.15) is 32.3 Å². The van der Waals surface area contributed by atoms with Crippen LogP contribution in [-0.2, 0) is 11.3 Å². The molecule has 0 aliphatic carbocycles. The van der Waals surface area contributed by atoms with Crippen LogP contribution in [0, 0.1) is 11.6 Å². The zero-order chi connectivity index (χ0) is 12.8. The molecule has 0 unspecified atom stereocenters. The molecule has 0 bridgehead atoms. The van der Waals surface area contributed by atoms with Gasteiger partial charge in [0.2, 0.25) is 5.91 Å². The van der Waals surface area contributed by atoms with Crippen LogP contribution in [0.25, 0.3) is 0 Å². The molecule has 0 aliphatic heterocycles. The number of hydrogen-bond donors (Lipinski definition) is 0. The number of amides is 1. The van der Waals surface area contributed by atoms with Gasteiger partial charge in [-0.05, 0) is 31.0 Å². The highest BCUT2D eigenvalue weighted by Gasteiger charge is 2.12. The molecule has 0 saturated carbocycles. The lowest BCUT2D eigenvalue weighted by atomic mass is 10.2. The third-order valence-corrected chi connectivity index (χ3v) is 2.56. The zero-order valence-corrected chi connectivity index (χ0v) is 10.2. The van der Waals surface area contributed by atoms with E-state index in [4.69, 9.17) is 0 Å². The van der Waals surface area contributed by atoms with Crippen LogP contribution in [0.15, 0.2) is 18.2 Å². The van der Waals surface area contributed by atoms with E-state index < -0.39 is 11.6 Å². The molecule has 17 heavy (non-hydrogen) atoms. The minimum absolute atomic E-state index is 0.0414. The van der Waals surface area contributed by atoms with E-state index in [9.17, 15) is 13.6 Å². The van der Waals surface area contributed by atoms with Crippen molar-refractivity contribution in [3.05, 3.63) is 35.4 Å². The van der Waals surface area contributed by atoms with Gasteiger partial charge in [0.1, 0.15) is 0 Å². The molecule has 1 rings (SSSR count). The van der Waals surface area contributed by atoms with Gasteiger partial charge in [-0.1, -0.05) is 13.0 Å². The topological polar surface area (TPSA) is 20.3 Å². The maximum atomic E-state index is 13.0. The van der Waals surface area contributed by atoms with Gasteiger partial charge in [-0.25, -0.2) is 8.78 Å². The monoisotopic (exact) mass is 241 g/mol. The van der Waals surface area contributed by atoms with Gasteiger partial charge >= 0.3 is 0 Å². The van der Waals surface area contributed by atoms with Gasteiger partial charge in [-0.15, -0.1) is 0 Å². The van der Waals surface area contributed by atoms with Crippen molar-refractivity contribution in [3.8, 4) is 0 Å². The summed E-state index contributed by atoms with van der Waals surface area (Å²) < 4.78 is 25.7. The van der Waals surface area contributed by atoms with Crippen LogP contribution < -0.4 is 0 Å². The fraction of sp³-hybridized carbons (Fsp3) is 0.462. The lowest BCUT2D eigenvalue weighted by molar-refractivity contribution is -0.131. The Morgan fingerprint density at radius 2 is 1.94 bits per heavy atom. The Bertz CT molecular complexity index is 393. The molecule has 1 aromatic rings. The largest absolute Gasteiger partial charge is 0.339 e. The number of carbonyl (C=O) groups is 1. The minimum Gasteiger partial charge on any atom is -0.339 e. The second kappa shape index (κ2) is 6.33. The van der Waals surface area contributed by atoms with Crippen molar-refractivity contribution < 1.29 is 13.6 Å². The van der Waals surface area contributed by atoms with Crippen molar-refractivity contribution in [2.24, 2.45) is 0 Å². The van der Waals surface area contributed by atoms with Crippen LogP contribution in [0.5, 0.6) is 0 Å². The summed E-state index contributed by atoms with van der Waals surface area (Å²) in [5, 5.41) is 0. The number of carbonyl (C=O) groups excluding carboxylic acids is 1. The van der Waals surface area contributed by atoms with Crippen molar-refractivity contribution in [3.63, 3.8) is 0 Å². The van der Waals surface area contributed by atoms with E-state index in [1.807, 2.05) is 13.8 Å². The average Bonchev–Trinajstić information content (AvgIpc) is 2.30. The van der Waals surface area contributed by atoms with Crippen molar-refractivity contribution in [1.82, 2.24) is 4.90 Å². The summed E-state index contributed by atoms with van der Waals surface area (Å²) in [5.74, 6) is -1.70. The standard InChI is InChI=1S/C13H17F2NO/c1-3-5-13(17)16(4-2)9-10-6-7-11(14)12(15)8-10/h6-8H,3-5,9H2,1-2H3. The Morgan fingerprint density at radius 3 is 2.47 bits per heavy atom. The van der Waals surface area contributed by atoms with Gasteiger partial charge in [0.15, 0.2) is 11.6 Å². The SMILES string of the molecule is CCCC(=O)N(CC)Cc1ccc(F)c(F)c1. The van der Waals surface area contributed by atoms with Crippen molar-refractivity contribution in [2.75, 3.05) is 6.54 Å². The Balaban J connectivity index is 2.73. The fourth-order valence-electron chi connectivity index (χ4n) is 1.61. The summed E-state index contributed by atoms with van der Waals surface area (Å²) in [6, 6.07) is 3.72. The average molecular weight is 241 g/mol. The third-order valence-electron chi connectivity index (χ3n) is 2.56. The summed E-state index contributed by atoms with van der Waals surface area (Å²) >= 11 is 0. The second-order valence-corrected chi connectivity index (χ2v) is 3.91. The van der Waals surface area contributed by atoms with Gasteiger partial charge in [0, 0.05) is 19.5 Å². The van der Waals surface area contributed by atoms with Crippen molar-refractivity contribution in [1.29, 1.82) is 0 Å². The van der Waals surface area contributed by atoms with E-state index in [1.54, 1.807) is 4.90 Å². The molecule has 1 aromatic carbocycles. The smallest absolute Gasteiger partial charge is 0.222 e. The van der Waals surface area contributed by atoms with Crippen LogP contribution >= 0.6 is 0 Å². The zero-order valence-electron chi connectivity index (χ0n) is 10.2. The molecule has 0 fully saturated rings. The van der Waals surface area contributed by atoms with E-state index in [0.29, 0.717) is 25.1 Å². The molecular weight excluding hydrogens is 224 g/mol. The highest BCUT2D eigenvalue weighted by Crippen LogP contribution is 2.12. The normalized spacial score (nSPS) is 10.4. The summed E-state index contributed by atoms with van der Waals surface area (Å²) in [6.45, 7) is 4.70. The second-order valence-electron chi connectivity index (χ2n) is 3.91. The number of benzene rings is 1. The van der Waals surface area contributed by atoms with Crippen LogP contribution in [0.2, 0.25) is 0 Å². The Kier molecular flexibility index (Phi) is 5.07. The predicted octanol–water partition coefficient (Wildman–Crippen LogP) is 3.11. The lowest BCUT2D eigenvalue weighted by Gasteiger charge is -2.20. The van der Waals surface area contributed by atoms with Crippen LogP contribution in [0.4, 0.5) is 8.78 Å². The first-order valence-corrected chi connectivity index (χ1v) is 5.80. The first-order chi connectivity index (χ1) is 8.08. The first-order valence-electron chi connectivity index (χ1n) is 5.80. The maximum absolute atomic E-state index is 13.0. The van der Waals surface area contributed by atoms with Gasteiger partial charge < -0.3 is 4.90 Å². The minimum atomic E-state index is -0.874. The molecule has 0 aromatic heterocycles. The van der Waals surface area contributed by atoms with Gasteiger partial charge in [-0.2, -0.15) is 0 Å². The number of nitrogens with zero attached hydrogens (tertiary/aromatic N) is 1. The molecule has 0 atom stereocenters. The van der Waals surface area contributed by atoms with E-state index in [2.05, 4.69) is 0 Å². The van der Waals surface area contributed by atoms with E-state index in [0.717, 1.165) is 18.6 Å². The number of rotatable bonds is 5. The molecule has 1 amide bonds. The lowest BCUT2D eigenvalue weighted by Crippen LogP contribution is -2.29. The quantitative estimate of drug-likeness (QED) is 0.775. The van der Waals surface area contributed by atoms with Crippen molar-refractivity contribution in [2.45, 2.75) is 33.2 Å². The van der Waals surface area contributed by atoms with Gasteiger partial charge in [-0.3, -0.25) is 4.79 Å². The Hall–Kier alpha value is -1.45. The maximum Gasteiger partial charge on any atom is 0.222 e. The highest BCUT2D eigenvalue weighted by atomic mass is 19.2. The van der Waals surface area contributed by atoms with E-state index >= 15 is 0 Å². The third kappa shape index (κ3) is 3.80. The molecular formula is C13H17F2NO. The Morgan fingerprint density at radius 1 is 1.24 bits per heavy atom. The molecule has 0 saturated heterocycles. The summed E-state index contributed by atoms with van der Waals surface area (Å²) in [7, 11) is 0. The molecule has 0 heterocycles. The summed E-state index contributed by atoms with van der Waals surface area (Å²) in [5.41, 5.74) is 0.607. The number of hydrogen-bond acceptors (Lipinski definition) is 1. The van der Waals surface area contributed by atoms with E-state index in [1.165, 1.54) is 6.07 Å².